The summed E-state index contributed by atoms with van der Waals surface area (Å²) < 4.78 is 41.2. The van der Waals surface area contributed by atoms with E-state index in [2.05, 4.69) is 15.4 Å². The van der Waals surface area contributed by atoms with Crippen LogP contribution in [0.25, 0.3) is 0 Å². The topological polar surface area (TPSA) is 59.3 Å². The van der Waals surface area contributed by atoms with Gasteiger partial charge in [0, 0.05) is 17.5 Å². The first-order chi connectivity index (χ1) is 15.6. The number of nitrogens with zero attached hydrogens (tertiary/aromatic N) is 3. The second kappa shape index (κ2) is 9.19. The van der Waals surface area contributed by atoms with Gasteiger partial charge in [0.15, 0.2) is 11.5 Å². The third-order valence-corrected chi connectivity index (χ3v) is 6.22. The highest BCUT2D eigenvalue weighted by atomic mass is 35.5. The van der Waals surface area contributed by atoms with Crippen LogP contribution in [0.15, 0.2) is 59.6 Å². The maximum atomic E-state index is 13.3. The van der Waals surface area contributed by atoms with E-state index < -0.39 is 23.8 Å². The number of fused-ring (bicyclic) bond motifs is 1. The number of hydrogen-bond donors (Lipinski definition) is 1. The number of aliphatic imine (C=N–C) groups is 1. The molecule has 0 spiro atoms. The molecule has 4 rings (SSSR count). The first-order valence-electron chi connectivity index (χ1n) is 10.2. The summed E-state index contributed by atoms with van der Waals surface area (Å²) in [5.41, 5.74) is 0.804. The lowest BCUT2D eigenvalue weighted by Crippen LogP contribution is -2.38. The van der Waals surface area contributed by atoms with E-state index in [0.29, 0.717) is 34.3 Å². The van der Waals surface area contributed by atoms with E-state index in [0.717, 1.165) is 11.6 Å². The molecule has 1 N–H and O–H groups in total. The molecule has 1 aliphatic rings. The summed E-state index contributed by atoms with van der Waals surface area (Å²) in [5, 5.41) is 7.40. The van der Waals surface area contributed by atoms with Crippen molar-refractivity contribution in [3.8, 4) is 0 Å². The number of rotatable bonds is 5. The Morgan fingerprint density at radius 2 is 1.82 bits per heavy atom. The van der Waals surface area contributed by atoms with E-state index in [1.807, 2.05) is 6.07 Å². The number of benzene rings is 2. The molecule has 2 atom stereocenters. The van der Waals surface area contributed by atoms with Gasteiger partial charge in [0.1, 0.15) is 0 Å². The number of aryl methyl sites for hydroxylation is 1. The zero-order valence-corrected chi connectivity index (χ0v) is 18.9. The Hall–Kier alpha value is -2.84. The fourth-order valence-corrected chi connectivity index (χ4v) is 4.25. The summed E-state index contributed by atoms with van der Waals surface area (Å²) in [6.07, 6.45) is -3.84. The molecule has 2 heterocycles. The van der Waals surface area contributed by atoms with Crippen LogP contribution < -0.4 is 5.32 Å². The molecule has 2 unspecified atom stereocenters. The first-order valence-corrected chi connectivity index (χ1v) is 10.9. The number of para-hydroxylation sites is 1. The van der Waals surface area contributed by atoms with Crippen molar-refractivity contribution in [2.45, 2.75) is 32.0 Å². The Labute approximate surface area is 198 Å². The van der Waals surface area contributed by atoms with Crippen molar-refractivity contribution in [1.29, 1.82) is 0 Å². The van der Waals surface area contributed by atoms with Gasteiger partial charge in [0.25, 0.3) is 0 Å². The summed E-state index contributed by atoms with van der Waals surface area (Å²) in [4.78, 5) is 17.5. The third-order valence-electron chi connectivity index (χ3n) is 5.48. The number of aromatic nitrogens is 2. The Morgan fingerprint density at radius 1 is 1.09 bits per heavy atom. The molecule has 10 heteroatoms. The quantitative estimate of drug-likeness (QED) is 0.426. The third kappa shape index (κ3) is 5.07. The minimum absolute atomic E-state index is 0.0720. The monoisotopic (exact) mass is 494 g/mol. The van der Waals surface area contributed by atoms with Crippen LogP contribution >= 0.6 is 23.2 Å². The van der Waals surface area contributed by atoms with Crippen molar-refractivity contribution in [3.05, 3.63) is 75.9 Å². The van der Waals surface area contributed by atoms with Crippen LogP contribution in [-0.2, 0) is 17.4 Å². The lowest BCUT2D eigenvalue weighted by Gasteiger charge is -2.31. The van der Waals surface area contributed by atoms with Gasteiger partial charge >= 0.3 is 6.18 Å². The van der Waals surface area contributed by atoms with Gasteiger partial charge in [0.2, 0.25) is 5.91 Å². The van der Waals surface area contributed by atoms with Gasteiger partial charge in [-0.15, -0.1) is 0 Å². The van der Waals surface area contributed by atoms with Crippen molar-refractivity contribution >= 4 is 46.3 Å². The van der Waals surface area contributed by atoms with Gasteiger partial charge in [-0.05, 0) is 49.6 Å². The van der Waals surface area contributed by atoms with Crippen molar-refractivity contribution in [2.24, 2.45) is 10.9 Å². The molecular weight excluding hydrogens is 476 g/mol. The van der Waals surface area contributed by atoms with E-state index >= 15 is 0 Å². The molecule has 0 saturated carbocycles. The number of alkyl halides is 3. The minimum atomic E-state index is -4.62. The number of carbonyl (C=O) groups excluding carboxylic acids is 1. The van der Waals surface area contributed by atoms with Crippen molar-refractivity contribution in [1.82, 2.24) is 9.78 Å². The fraction of sp³-hybridized carbons (Fsp3) is 0.261. The molecule has 0 radical (unpaired) electrons. The highest BCUT2D eigenvalue weighted by Gasteiger charge is 2.41. The molecule has 33 heavy (non-hydrogen) atoms. The van der Waals surface area contributed by atoms with E-state index in [4.69, 9.17) is 23.2 Å². The van der Waals surface area contributed by atoms with Gasteiger partial charge in [-0.3, -0.25) is 4.79 Å². The summed E-state index contributed by atoms with van der Waals surface area (Å²) in [5.74, 6) is -1.10. The van der Waals surface area contributed by atoms with Gasteiger partial charge in [-0.2, -0.15) is 18.3 Å². The maximum Gasteiger partial charge on any atom is 0.435 e. The molecule has 5 nitrogen and oxygen atoms in total. The predicted molar refractivity (Wildman–Crippen MR) is 122 cm³/mol. The molecular formula is C23H19Cl2F3N4O. The molecule has 0 aliphatic carbocycles. The van der Waals surface area contributed by atoms with Gasteiger partial charge in [0.05, 0.1) is 22.0 Å². The van der Waals surface area contributed by atoms with Gasteiger partial charge in [-0.25, -0.2) is 9.67 Å². The highest BCUT2D eigenvalue weighted by Crippen LogP contribution is 2.39. The molecule has 1 aromatic heterocycles. The lowest BCUT2D eigenvalue weighted by molar-refractivity contribution is -0.141. The maximum absolute atomic E-state index is 13.3. The zero-order valence-electron chi connectivity index (χ0n) is 17.4. The molecule has 1 amide bonds. The predicted octanol–water partition coefficient (Wildman–Crippen LogP) is 6.74. The number of carbonyl (C=O) groups is 1. The number of anilines is 1. The first kappa shape index (κ1) is 23.3. The molecule has 1 aliphatic heterocycles. The molecule has 3 aromatic rings. The van der Waals surface area contributed by atoms with Crippen LogP contribution in [-0.4, -0.2) is 21.4 Å². The molecule has 0 fully saturated rings. The zero-order chi connectivity index (χ0) is 23.8. The summed E-state index contributed by atoms with van der Waals surface area (Å²) >= 11 is 12.1. The van der Waals surface area contributed by atoms with Crippen molar-refractivity contribution in [3.63, 3.8) is 0 Å². The second-order valence-corrected chi connectivity index (χ2v) is 8.59. The van der Waals surface area contributed by atoms with E-state index in [1.165, 1.54) is 4.68 Å². The molecule has 0 saturated heterocycles. The average molecular weight is 495 g/mol. The molecule has 172 valence electrons. The summed E-state index contributed by atoms with van der Waals surface area (Å²) in [6, 6.07) is 14.2. The Balaban J connectivity index is 1.68. The summed E-state index contributed by atoms with van der Waals surface area (Å²) in [7, 11) is 0. The minimum Gasteiger partial charge on any atom is -0.325 e. The van der Waals surface area contributed by atoms with Crippen LogP contribution in [0.3, 0.4) is 0 Å². The van der Waals surface area contributed by atoms with Crippen molar-refractivity contribution < 1.29 is 18.0 Å². The number of halogens is 5. The van der Waals surface area contributed by atoms with Crippen LogP contribution in [0.5, 0.6) is 0 Å². The lowest BCUT2D eigenvalue weighted by atomic mass is 9.88. The molecule has 0 bridgehead atoms. The van der Waals surface area contributed by atoms with Crippen LogP contribution in [0.2, 0.25) is 10.0 Å². The number of amides is 1. The average Bonchev–Trinajstić information content (AvgIpc) is 3.19. The van der Waals surface area contributed by atoms with Gasteiger partial charge in [-0.1, -0.05) is 47.5 Å². The van der Waals surface area contributed by atoms with Crippen LogP contribution in [0.1, 0.15) is 30.6 Å². The number of nitrogens with one attached hydrogen (secondary N) is 1. The fourth-order valence-electron chi connectivity index (χ4n) is 3.93. The standard InChI is InChI=1S/C23H19Cl2F3N4O/c1-13-21(22(33)30-15-5-3-2-4-6-15)18(10-8-14-7-9-16(24)17(25)11-14)32-20(29-13)12-19(31-32)23(26,27)28/h2-7,9,11-12,18,21H,8,10H2,1H3,(H,30,33). The Morgan fingerprint density at radius 3 is 2.48 bits per heavy atom. The smallest absolute Gasteiger partial charge is 0.325 e. The van der Waals surface area contributed by atoms with Crippen molar-refractivity contribution in [2.75, 3.05) is 5.32 Å². The Kier molecular flexibility index (Phi) is 6.50. The number of hydrogen-bond acceptors (Lipinski definition) is 3. The van der Waals surface area contributed by atoms with Crippen LogP contribution in [0.4, 0.5) is 24.7 Å². The Bertz CT molecular complexity index is 1210. The highest BCUT2D eigenvalue weighted by molar-refractivity contribution is 6.42. The van der Waals surface area contributed by atoms with Crippen LogP contribution in [0, 0.1) is 5.92 Å². The second-order valence-electron chi connectivity index (χ2n) is 7.77. The van der Waals surface area contributed by atoms with E-state index in [-0.39, 0.29) is 11.7 Å². The normalized spacial score (nSPS) is 17.9. The largest absolute Gasteiger partial charge is 0.435 e. The van der Waals surface area contributed by atoms with Gasteiger partial charge < -0.3 is 5.32 Å². The SMILES string of the molecule is CC1=Nc2cc(C(F)(F)F)nn2C(CCc2ccc(Cl)c(Cl)c2)C1C(=O)Nc1ccccc1. The van der Waals surface area contributed by atoms with E-state index in [1.54, 1.807) is 49.4 Å². The summed E-state index contributed by atoms with van der Waals surface area (Å²) in [6.45, 7) is 1.64. The van der Waals surface area contributed by atoms with E-state index in [9.17, 15) is 18.0 Å². The molecule has 2 aromatic carbocycles.